The van der Waals surface area contributed by atoms with Crippen molar-refractivity contribution in [1.82, 2.24) is 5.32 Å². The first-order valence-electron chi connectivity index (χ1n) is 16.2. The van der Waals surface area contributed by atoms with E-state index in [9.17, 15) is 24.3 Å². The lowest BCUT2D eigenvalue weighted by Crippen LogP contribution is -2.26. The standard InChI is InChI=1S/C19H28O3.C17H26O2.C3H8N2O/c1-13(20)12-22-17(21)10-14-8-15(18(2,3)4)11-16(9-14)19(5,6)7;1-11(18)8-12-9-13(16(2,3)4)15(19)14(10-12)17(5,6)7;1-3(6)5-2-4/h8-9,11H,10,12H2,1-7H3;9-10,19H,8H2,1-7H3;2,4H2,1H3,(H,5,6). The van der Waals surface area contributed by atoms with Crippen LogP contribution in [-0.2, 0) is 58.4 Å². The van der Waals surface area contributed by atoms with Gasteiger partial charge in [-0.3, -0.25) is 19.2 Å². The van der Waals surface area contributed by atoms with Crippen molar-refractivity contribution in [3.05, 3.63) is 63.7 Å². The first-order valence-corrected chi connectivity index (χ1v) is 16.2. The van der Waals surface area contributed by atoms with E-state index >= 15 is 0 Å². The van der Waals surface area contributed by atoms with Crippen molar-refractivity contribution in [2.24, 2.45) is 5.73 Å². The number of amides is 1. The molecule has 0 fully saturated rings. The topological polar surface area (TPSA) is 136 Å². The second-order valence-corrected chi connectivity index (χ2v) is 16.3. The third kappa shape index (κ3) is 16.7. The number of ether oxygens (including phenoxy) is 1. The van der Waals surface area contributed by atoms with Gasteiger partial charge in [-0.1, -0.05) is 113 Å². The van der Waals surface area contributed by atoms with Gasteiger partial charge < -0.3 is 20.9 Å². The molecule has 47 heavy (non-hydrogen) atoms. The molecule has 8 heteroatoms. The number of hydrogen-bond donors (Lipinski definition) is 3. The van der Waals surface area contributed by atoms with E-state index in [1.807, 2.05) is 12.1 Å². The predicted octanol–water partition coefficient (Wildman–Crippen LogP) is 7.11. The van der Waals surface area contributed by atoms with Gasteiger partial charge in [-0.25, -0.2) is 0 Å². The number of esters is 1. The highest BCUT2D eigenvalue weighted by Crippen LogP contribution is 2.40. The average Bonchev–Trinajstić information content (AvgIpc) is 2.86. The number of ketones is 2. The fourth-order valence-corrected chi connectivity index (χ4v) is 4.43. The SMILES string of the molecule is CC(=O)COC(=O)Cc1cc(C(C)(C)C)cc(C(C)(C)C)c1.CC(=O)Cc1cc(C(C)(C)C)c(O)c(C(C)(C)C)c1.CC(=O)NCN. The van der Waals surface area contributed by atoms with Crippen LogP contribution in [0.15, 0.2) is 30.3 Å². The minimum atomic E-state index is -0.360. The van der Waals surface area contributed by atoms with Crippen LogP contribution in [0.1, 0.15) is 137 Å². The first-order chi connectivity index (χ1) is 21.1. The van der Waals surface area contributed by atoms with Gasteiger partial charge in [-0.15, -0.1) is 0 Å². The monoisotopic (exact) mass is 654 g/mol. The van der Waals surface area contributed by atoms with Gasteiger partial charge in [0, 0.05) is 13.3 Å². The van der Waals surface area contributed by atoms with Gasteiger partial charge >= 0.3 is 5.97 Å². The lowest BCUT2D eigenvalue weighted by atomic mass is 9.78. The summed E-state index contributed by atoms with van der Waals surface area (Å²) >= 11 is 0. The maximum atomic E-state index is 11.9. The number of benzene rings is 2. The first kappa shape index (κ1) is 43.5. The molecule has 0 saturated carbocycles. The molecule has 0 saturated heterocycles. The normalized spacial score (nSPS) is 11.7. The highest BCUT2D eigenvalue weighted by atomic mass is 16.5. The van der Waals surface area contributed by atoms with E-state index in [4.69, 9.17) is 10.5 Å². The van der Waals surface area contributed by atoms with Gasteiger partial charge in [-0.05, 0) is 68.9 Å². The highest BCUT2D eigenvalue weighted by Gasteiger charge is 2.27. The number of carbonyl (C=O) groups is 4. The molecule has 1 amide bonds. The fourth-order valence-electron chi connectivity index (χ4n) is 4.43. The summed E-state index contributed by atoms with van der Waals surface area (Å²) < 4.78 is 4.97. The zero-order valence-electron chi connectivity index (χ0n) is 31.8. The van der Waals surface area contributed by atoms with E-state index in [2.05, 4.69) is 107 Å². The van der Waals surface area contributed by atoms with Crippen molar-refractivity contribution < 1.29 is 29.0 Å². The third-order valence-electron chi connectivity index (χ3n) is 7.10. The molecule has 4 N–H and O–H groups in total. The van der Waals surface area contributed by atoms with Crippen LogP contribution in [0.3, 0.4) is 0 Å². The lowest BCUT2D eigenvalue weighted by molar-refractivity contribution is -0.146. The van der Waals surface area contributed by atoms with E-state index < -0.39 is 0 Å². The minimum Gasteiger partial charge on any atom is -0.507 e. The Hall–Kier alpha value is -3.52. The number of phenolic OH excluding ortho intramolecular Hbond substituents is 1. The molecular weight excluding hydrogens is 592 g/mol. The number of carbonyl (C=O) groups excluding carboxylic acids is 4. The molecular formula is C39H62N2O6. The molecule has 0 aromatic heterocycles. The molecule has 0 aliphatic carbocycles. The summed E-state index contributed by atoms with van der Waals surface area (Å²) in [6.07, 6.45) is 0.618. The maximum absolute atomic E-state index is 11.9. The van der Waals surface area contributed by atoms with Gasteiger partial charge in [0.2, 0.25) is 5.91 Å². The number of Topliss-reactive ketones (excluding diaryl/α,β-unsaturated/α-hetero) is 2. The molecule has 0 bridgehead atoms. The largest absolute Gasteiger partial charge is 0.507 e. The number of nitrogens with two attached hydrogens (primary N) is 1. The molecule has 0 heterocycles. The Balaban J connectivity index is 0.000000773. The molecule has 0 spiro atoms. The van der Waals surface area contributed by atoms with Gasteiger partial charge in [0.05, 0.1) is 13.1 Å². The maximum Gasteiger partial charge on any atom is 0.310 e. The molecule has 0 unspecified atom stereocenters. The lowest BCUT2D eigenvalue weighted by Gasteiger charge is -2.28. The molecule has 0 aliphatic heterocycles. The van der Waals surface area contributed by atoms with Crippen molar-refractivity contribution in [2.75, 3.05) is 13.3 Å². The van der Waals surface area contributed by atoms with Crippen LogP contribution in [0.25, 0.3) is 0 Å². The fraction of sp³-hybridized carbons (Fsp3) is 0.590. The third-order valence-corrected chi connectivity index (χ3v) is 7.10. The number of phenols is 1. The molecule has 2 rings (SSSR count). The Morgan fingerprint density at radius 3 is 1.32 bits per heavy atom. The number of aromatic hydroxyl groups is 1. The molecule has 0 aliphatic rings. The van der Waals surface area contributed by atoms with Crippen molar-refractivity contribution in [2.45, 2.75) is 138 Å². The molecule has 0 radical (unpaired) electrons. The van der Waals surface area contributed by atoms with Crippen molar-refractivity contribution in [3.8, 4) is 5.75 Å². The summed E-state index contributed by atoms with van der Waals surface area (Å²) in [5.41, 5.74) is 10.8. The summed E-state index contributed by atoms with van der Waals surface area (Å²) in [5, 5.41) is 12.9. The Bertz CT molecular complexity index is 1310. The smallest absolute Gasteiger partial charge is 0.310 e. The van der Waals surface area contributed by atoms with Crippen molar-refractivity contribution >= 4 is 23.4 Å². The number of hydrogen-bond acceptors (Lipinski definition) is 7. The van der Waals surface area contributed by atoms with E-state index in [-0.39, 0.29) is 64.8 Å². The molecule has 264 valence electrons. The van der Waals surface area contributed by atoms with Gasteiger partial charge in [0.15, 0.2) is 5.78 Å². The van der Waals surface area contributed by atoms with Crippen LogP contribution in [0.2, 0.25) is 0 Å². The summed E-state index contributed by atoms with van der Waals surface area (Å²) in [6, 6.07) is 10.3. The minimum absolute atomic E-state index is 0.0132. The molecule has 0 atom stereocenters. The average molecular weight is 655 g/mol. The van der Waals surface area contributed by atoms with Crippen molar-refractivity contribution in [3.63, 3.8) is 0 Å². The summed E-state index contributed by atoms with van der Waals surface area (Å²) in [4.78, 5) is 44.0. The van der Waals surface area contributed by atoms with Gasteiger partial charge in [-0.2, -0.15) is 0 Å². The predicted molar refractivity (Wildman–Crippen MR) is 192 cm³/mol. The van der Waals surface area contributed by atoms with Crippen LogP contribution in [0, 0.1) is 0 Å². The van der Waals surface area contributed by atoms with E-state index in [0.29, 0.717) is 12.2 Å². The van der Waals surface area contributed by atoms with Gasteiger partial charge in [0.25, 0.3) is 0 Å². The van der Waals surface area contributed by atoms with E-state index in [1.54, 1.807) is 6.92 Å². The number of rotatable bonds is 7. The zero-order chi connectivity index (χ0) is 37.1. The summed E-state index contributed by atoms with van der Waals surface area (Å²) in [6.45, 7) is 29.9. The quantitative estimate of drug-likeness (QED) is 0.214. The van der Waals surface area contributed by atoms with Crippen LogP contribution in [0.4, 0.5) is 0 Å². The van der Waals surface area contributed by atoms with Crippen LogP contribution >= 0.6 is 0 Å². The molecule has 2 aromatic carbocycles. The van der Waals surface area contributed by atoms with E-state index in [1.165, 1.54) is 25.0 Å². The van der Waals surface area contributed by atoms with E-state index in [0.717, 1.165) is 22.3 Å². The second kappa shape index (κ2) is 17.6. The molecule has 8 nitrogen and oxygen atoms in total. The van der Waals surface area contributed by atoms with Crippen molar-refractivity contribution in [1.29, 1.82) is 0 Å². The van der Waals surface area contributed by atoms with Crippen LogP contribution < -0.4 is 11.1 Å². The summed E-state index contributed by atoms with van der Waals surface area (Å²) in [7, 11) is 0. The zero-order valence-corrected chi connectivity index (χ0v) is 31.8. The number of nitrogens with one attached hydrogen (secondary N) is 1. The van der Waals surface area contributed by atoms with Crippen LogP contribution in [-0.4, -0.2) is 41.8 Å². The Morgan fingerprint density at radius 2 is 1.04 bits per heavy atom. The van der Waals surface area contributed by atoms with Crippen LogP contribution in [0.5, 0.6) is 5.75 Å². The second-order valence-electron chi connectivity index (χ2n) is 16.3. The highest BCUT2D eigenvalue weighted by molar-refractivity contribution is 5.81. The summed E-state index contributed by atoms with van der Waals surface area (Å²) in [5.74, 6) is -0.0801. The van der Waals surface area contributed by atoms with Gasteiger partial charge in [0.1, 0.15) is 18.1 Å². The Morgan fingerprint density at radius 1 is 0.638 bits per heavy atom. The Labute approximate surface area is 284 Å². The molecule has 2 aromatic rings. The Kier molecular flexibility index (Phi) is 16.3.